The summed E-state index contributed by atoms with van der Waals surface area (Å²) < 4.78 is 181. The molecule has 7 nitrogen and oxygen atoms in total. The van der Waals surface area contributed by atoms with Gasteiger partial charge in [0.25, 0.3) is 0 Å². The third kappa shape index (κ3) is 9.22. The number of hydrogen-bond donors (Lipinski definition) is 0. The van der Waals surface area contributed by atoms with Gasteiger partial charge >= 0.3 is 30.8 Å². The fourth-order valence-corrected chi connectivity index (χ4v) is 6.00. The highest BCUT2D eigenvalue weighted by atomic mass is 19.4. The SMILES string of the molecule is CCOC(=O)N1c2cc(OC)c(OC)cc2C(N(Cc2cc(C(F)(F)F)cc(C(F)(F)F)c2)C(=O)Cc2cc(C(F)(F)F)cc(C(F)(F)F)c2)CC1C. The molecule has 3 aromatic carbocycles. The molecule has 1 aliphatic rings. The van der Waals surface area contributed by atoms with Gasteiger partial charge in [0.05, 0.1) is 61.2 Å². The van der Waals surface area contributed by atoms with Crippen LogP contribution in [0.4, 0.5) is 63.2 Å². The molecule has 2 atom stereocenters. The van der Waals surface area contributed by atoms with E-state index in [0.717, 1.165) is 9.80 Å². The third-order valence-corrected chi connectivity index (χ3v) is 8.32. The summed E-state index contributed by atoms with van der Waals surface area (Å²) in [4.78, 5) is 29.2. The van der Waals surface area contributed by atoms with Gasteiger partial charge in [-0.1, -0.05) is 0 Å². The first-order valence-corrected chi connectivity index (χ1v) is 15.5. The van der Waals surface area contributed by atoms with E-state index in [1.807, 2.05) is 0 Å². The minimum Gasteiger partial charge on any atom is -0.493 e. The Morgan fingerprint density at radius 2 is 1.13 bits per heavy atom. The summed E-state index contributed by atoms with van der Waals surface area (Å²) in [7, 11) is 2.46. The van der Waals surface area contributed by atoms with Crippen LogP contribution in [0.25, 0.3) is 0 Å². The summed E-state index contributed by atoms with van der Waals surface area (Å²) in [5, 5.41) is 0. The normalized spacial score (nSPS) is 16.6. The minimum absolute atomic E-state index is 0.00102. The van der Waals surface area contributed by atoms with Crippen molar-refractivity contribution < 1.29 is 76.5 Å². The highest BCUT2D eigenvalue weighted by molar-refractivity contribution is 5.91. The Labute approximate surface area is 294 Å². The topological polar surface area (TPSA) is 68.3 Å². The summed E-state index contributed by atoms with van der Waals surface area (Å²) >= 11 is 0. The molecule has 2 amide bonds. The van der Waals surface area contributed by atoms with Crippen LogP contribution < -0.4 is 14.4 Å². The lowest BCUT2D eigenvalue weighted by atomic mass is 9.89. The van der Waals surface area contributed by atoms with Crippen molar-refractivity contribution in [2.24, 2.45) is 0 Å². The van der Waals surface area contributed by atoms with Crippen molar-refractivity contribution >= 4 is 17.7 Å². The van der Waals surface area contributed by atoms with E-state index in [1.54, 1.807) is 0 Å². The summed E-state index contributed by atoms with van der Waals surface area (Å²) in [6, 6.07) is 1.21. The van der Waals surface area contributed by atoms with Gasteiger partial charge in [-0.3, -0.25) is 9.69 Å². The van der Waals surface area contributed by atoms with E-state index < -0.39 is 95.1 Å². The number of hydrogen-bond acceptors (Lipinski definition) is 5. The standard InChI is InChI=1S/C34H30F12N2O5/c1-5-53-30(50)48-17(2)6-25(24-14-27(51-3)28(52-4)15-26(24)48)47(16-19-9-22(33(41,42)43)13-23(10-19)34(44,45)46)29(49)11-18-7-20(31(35,36)37)12-21(8-18)32(38,39)40/h7-10,12-15,17,25H,5-6,11,16H2,1-4H3. The summed E-state index contributed by atoms with van der Waals surface area (Å²) in [6.45, 7) is 1.85. The molecule has 3 aromatic rings. The van der Waals surface area contributed by atoms with E-state index in [1.165, 1.54) is 40.2 Å². The van der Waals surface area contributed by atoms with Crippen LogP contribution in [0.5, 0.6) is 11.5 Å². The average molecular weight is 775 g/mol. The van der Waals surface area contributed by atoms with Gasteiger partial charge in [0.15, 0.2) is 11.5 Å². The average Bonchev–Trinajstić information content (AvgIpc) is 3.04. The van der Waals surface area contributed by atoms with Gasteiger partial charge in [0, 0.05) is 24.2 Å². The molecule has 1 heterocycles. The molecule has 0 saturated carbocycles. The predicted octanol–water partition coefficient (Wildman–Crippen LogP) is 9.85. The number of rotatable bonds is 8. The first-order valence-electron chi connectivity index (χ1n) is 15.5. The Kier molecular flexibility index (Phi) is 11.5. The maximum Gasteiger partial charge on any atom is 0.416 e. The molecule has 0 radical (unpaired) electrons. The third-order valence-electron chi connectivity index (χ3n) is 8.32. The quantitative estimate of drug-likeness (QED) is 0.213. The van der Waals surface area contributed by atoms with Crippen molar-refractivity contribution in [3.63, 3.8) is 0 Å². The predicted molar refractivity (Wildman–Crippen MR) is 163 cm³/mol. The molecule has 0 aromatic heterocycles. The number of amides is 2. The number of fused-ring (bicyclic) bond motifs is 1. The van der Waals surface area contributed by atoms with Gasteiger partial charge in [-0.25, -0.2) is 4.79 Å². The number of alkyl halides is 12. The van der Waals surface area contributed by atoms with Gasteiger partial charge < -0.3 is 19.1 Å². The van der Waals surface area contributed by atoms with E-state index in [9.17, 15) is 62.3 Å². The fraction of sp³-hybridized carbons (Fsp3) is 0.412. The lowest BCUT2D eigenvalue weighted by Gasteiger charge is -2.43. The largest absolute Gasteiger partial charge is 0.493 e. The second-order valence-corrected chi connectivity index (χ2v) is 12.0. The molecule has 1 aliphatic heterocycles. The molecule has 2 unspecified atom stereocenters. The van der Waals surface area contributed by atoms with Crippen LogP contribution >= 0.6 is 0 Å². The van der Waals surface area contributed by atoms with Crippen LogP contribution in [-0.2, 0) is 47.2 Å². The molecule has 0 N–H and O–H groups in total. The lowest BCUT2D eigenvalue weighted by molar-refractivity contribution is -0.145. The summed E-state index contributed by atoms with van der Waals surface area (Å²) in [5.41, 5.74) is -8.48. The first kappa shape index (κ1) is 40.9. The Morgan fingerprint density at radius 3 is 1.55 bits per heavy atom. The molecule has 4 rings (SSSR count). The van der Waals surface area contributed by atoms with E-state index in [0.29, 0.717) is 12.1 Å². The Hall–Kier alpha value is -4.84. The van der Waals surface area contributed by atoms with Crippen molar-refractivity contribution in [1.82, 2.24) is 4.90 Å². The van der Waals surface area contributed by atoms with Crippen LogP contribution in [0.1, 0.15) is 65.3 Å². The number of methoxy groups -OCH3 is 2. The Bertz CT molecular complexity index is 1770. The molecule has 0 bridgehead atoms. The van der Waals surface area contributed by atoms with Crippen molar-refractivity contribution in [1.29, 1.82) is 0 Å². The molecule has 0 fully saturated rings. The number of ether oxygens (including phenoxy) is 3. The van der Waals surface area contributed by atoms with Crippen LogP contribution in [0.3, 0.4) is 0 Å². The van der Waals surface area contributed by atoms with Crippen LogP contribution in [-0.4, -0.2) is 43.8 Å². The highest BCUT2D eigenvalue weighted by Crippen LogP contribution is 2.47. The number of nitrogens with zero attached hydrogens (tertiary/aromatic N) is 2. The minimum atomic E-state index is -5.30. The van der Waals surface area contributed by atoms with Crippen LogP contribution in [0.15, 0.2) is 48.5 Å². The van der Waals surface area contributed by atoms with Gasteiger partial charge in [0.1, 0.15) is 0 Å². The zero-order chi connectivity index (χ0) is 39.8. The Morgan fingerprint density at radius 1 is 0.698 bits per heavy atom. The van der Waals surface area contributed by atoms with Crippen molar-refractivity contribution in [2.45, 2.75) is 70.0 Å². The fourth-order valence-electron chi connectivity index (χ4n) is 6.00. The summed E-state index contributed by atoms with van der Waals surface area (Å²) in [6.07, 6.45) is -23.6. The smallest absolute Gasteiger partial charge is 0.416 e. The molecule has 290 valence electrons. The monoisotopic (exact) mass is 774 g/mol. The van der Waals surface area contributed by atoms with Crippen LogP contribution in [0.2, 0.25) is 0 Å². The number of halogens is 12. The van der Waals surface area contributed by atoms with Crippen molar-refractivity contribution in [2.75, 3.05) is 25.7 Å². The van der Waals surface area contributed by atoms with Gasteiger partial charge in [-0.2, -0.15) is 52.7 Å². The molecule has 53 heavy (non-hydrogen) atoms. The molecule has 0 aliphatic carbocycles. The Balaban J connectivity index is 1.97. The van der Waals surface area contributed by atoms with E-state index in [-0.39, 0.29) is 60.0 Å². The second-order valence-electron chi connectivity index (χ2n) is 12.0. The number of carbonyl (C=O) groups is 2. The molecule has 19 heteroatoms. The number of carbonyl (C=O) groups excluding carboxylic acids is 2. The van der Waals surface area contributed by atoms with Crippen molar-refractivity contribution in [3.8, 4) is 11.5 Å². The first-order chi connectivity index (χ1) is 24.4. The van der Waals surface area contributed by atoms with Gasteiger partial charge in [0.2, 0.25) is 5.91 Å². The molecular weight excluding hydrogens is 744 g/mol. The highest BCUT2D eigenvalue weighted by Gasteiger charge is 2.42. The lowest BCUT2D eigenvalue weighted by Crippen LogP contribution is -2.48. The van der Waals surface area contributed by atoms with E-state index >= 15 is 0 Å². The maximum atomic E-state index is 14.2. The second kappa shape index (κ2) is 14.9. The zero-order valence-corrected chi connectivity index (χ0v) is 28.1. The molecule has 0 spiro atoms. The number of anilines is 1. The maximum absolute atomic E-state index is 14.2. The van der Waals surface area contributed by atoms with E-state index in [4.69, 9.17) is 14.2 Å². The number of benzene rings is 3. The van der Waals surface area contributed by atoms with Gasteiger partial charge in [-0.05, 0) is 73.9 Å². The van der Waals surface area contributed by atoms with Gasteiger partial charge in [-0.15, -0.1) is 0 Å². The van der Waals surface area contributed by atoms with E-state index in [2.05, 4.69) is 0 Å². The molecule has 0 saturated heterocycles. The molecular formula is C34H30F12N2O5. The summed E-state index contributed by atoms with van der Waals surface area (Å²) in [5.74, 6) is -1.23. The van der Waals surface area contributed by atoms with Crippen molar-refractivity contribution in [3.05, 3.63) is 87.5 Å². The zero-order valence-electron chi connectivity index (χ0n) is 28.1. The van der Waals surface area contributed by atoms with Crippen LogP contribution in [0, 0.1) is 0 Å².